The van der Waals surface area contributed by atoms with Crippen molar-refractivity contribution in [1.82, 2.24) is 5.32 Å². The van der Waals surface area contributed by atoms with Gasteiger partial charge in [0.2, 0.25) is 0 Å². The van der Waals surface area contributed by atoms with Crippen LogP contribution in [-0.4, -0.2) is 72.2 Å². The molecule has 0 aromatic carbocycles. The first kappa shape index (κ1) is 21.2. The highest BCUT2D eigenvalue weighted by Gasteiger charge is 2.13. The molecule has 23 heavy (non-hydrogen) atoms. The van der Waals surface area contributed by atoms with Crippen molar-refractivity contribution < 1.29 is 38.9 Å². The lowest BCUT2D eigenvalue weighted by atomic mass is 10.3. The number of esters is 2. The van der Waals surface area contributed by atoms with Gasteiger partial charge < -0.3 is 25.0 Å². The maximum atomic E-state index is 11.1. The van der Waals surface area contributed by atoms with Crippen LogP contribution in [0.5, 0.6) is 0 Å². The van der Waals surface area contributed by atoms with Crippen molar-refractivity contribution in [3.8, 4) is 0 Å². The Balaban J connectivity index is 3.72. The van der Waals surface area contributed by atoms with Crippen LogP contribution in [0.2, 0.25) is 0 Å². The predicted molar refractivity (Wildman–Crippen MR) is 77.4 cm³/mol. The van der Waals surface area contributed by atoms with Gasteiger partial charge in [0.05, 0.1) is 0 Å². The van der Waals surface area contributed by atoms with Crippen molar-refractivity contribution in [3.05, 3.63) is 0 Å². The van der Waals surface area contributed by atoms with Crippen LogP contribution in [0.4, 0.5) is 0 Å². The van der Waals surface area contributed by atoms with Gasteiger partial charge in [0.25, 0.3) is 0 Å². The maximum absolute atomic E-state index is 11.1. The zero-order valence-electron chi connectivity index (χ0n) is 13.2. The van der Waals surface area contributed by atoms with Crippen LogP contribution < -0.4 is 5.32 Å². The van der Waals surface area contributed by atoms with E-state index in [0.29, 0.717) is 0 Å². The molecule has 0 aromatic heterocycles. The van der Waals surface area contributed by atoms with Crippen molar-refractivity contribution in [2.24, 2.45) is 0 Å². The first-order valence-electron chi connectivity index (χ1n) is 7.07. The molecule has 3 N–H and O–H groups in total. The number of ether oxygens (including phenoxy) is 2. The van der Waals surface area contributed by atoms with E-state index in [1.54, 1.807) is 0 Å². The number of Topliss-reactive ketones (excluding diaryl/α,β-unsaturated/α-hetero) is 2. The lowest BCUT2D eigenvalue weighted by Gasteiger charge is -2.15. The van der Waals surface area contributed by atoms with Gasteiger partial charge >= 0.3 is 11.9 Å². The molecule has 0 aromatic rings. The number of ketones is 2. The zero-order valence-corrected chi connectivity index (χ0v) is 13.2. The monoisotopic (exact) mass is 333 g/mol. The molecule has 0 saturated carbocycles. The summed E-state index contributed by atoms with van der Waals surface area (Å²) in [7, 11) is 0. The zero-order chi connectivity index (χ0) is 17.8. The lowest BCUT2D eigenvalue weighted by Crippen LogP contribution is -2.37. The third-order valence-corrected chi connectivity index (χ3v) is 2.42. The number of aliphatic hydroxyl groups excluding tert-OH is 2. The first-order valence-corrected chi connectivity index (χ1v) is 7.07. The average Bonchev–Trinajstić information content (AvgIpc) is 2.41. The van der Waals surface area contributed by atoms with Gasteiger partial charge in [0.1, 0.15) is 49.8 Å². The summed E-state index contributed by atoms with van der Waals surface area (Å²) in [5.74, 6) is -2.09. The van der Waals surface area contributed by atoms with Crippen LogP contribution in [0, 0.1) is 0 Å². The Morgan fingerprint density at radius 2 is 1.17 bits per heavy atom. The summed E-state index contributed by atoms with van der Waals surface area (Å²) >= 11 is 0. The van der Waals surface area contributed by atoms with Gasteiger partial charge in [-0.25, -0.2) is 0 Å². The third-order valence-electron chi connectivity index (χ3n) is 2.42. The van der Waals surface area contributed by atoms with Crippen molar-refractivity contribution in [1.29, 1.82) is 0 Å². The highest BCUT2D eigenvalue weighted by molar-refractivity contribution is 5.94. The molecule has 132 valence electrons. The molecule has 0 spiro atoms. The molecule has 0 heterocycles. The van der Waals surface area contributed by atoms with Crippen molar-refractivity contribution in [3.63, 3.8) is 0 Å². The topological polar surface area (TPSA) is 139 Å². The van der Waals surface area contributed by atoms with Crippen LogP contribution in [-0.2, 0) is 28.7 Å². The number of aliphatic hydroxyl groups is 2. The Hall–Kier alpha value is -1.84. The summed E-state index contributed by atoms with van der Waals surface area (Å²) in [6.45, 7) is 2.02. The number of hydrogen-bond acceptors (Lipinski definition) is 9. The smallest absolute Gasteiger partial charge is 0.313 e. The molecule has 0 aliphatic carbocycles. The third kappa shape index (κ3) is 13.5. The average molecular weight is 333 g/mol. The molecule has 0 saturated heterocycles. The molecule has 0 amide bonds. The molecular weight excluding hydrogens is 310 g/mol. The Morgan fingerprint density at radius 1 is 0.826 bits per heavy atom. The van der Waals surface area contributed by atoms with E-state index in [-0.39, 0.29) is 50.7 Å². The van der Waals surface area contributed by atoms with E-state index in [1.807, 2.05) is 0 Å². The summed E-state index contributed by atoms with van der Waals surface area (Å²) in [5.41, 5.74) is 0. The second-order valence-electron chi connectivity index (χ2n) is 5.09. The number of carbonyl (C=O) groups excluding carboxylic acids is 4. The largest absolute Gasteiger partial charge is 0.463 e. The highest BCUT2D eigenvalue weighted by atomic mass is 16.5. The molecular formula is C14H23NO8. The SMILES string of the molecule is CC(=O)CC(=O)OCC(O)CNCC(O)COC(=O)CC(C)=O. The Bertz CT molecular complexity index is 385. The number of nitrogens with one attached hydrogen (secondary N) is 1. The van der Waals surface area contributed by atoms with E-state index >= 15 is 0 Å². The van der Waals surface area contributed by atoms with Crippen LogP contribution in [0.1, 0.15) is 26.7 Å². The van der Waals surface area contributed by atoms with E-state index in [4.69, 9.17) is 0 Å². The van der Waals surface area contributed by atoms with Gasteiger partial charge in [-0.1, -0.05) is 0 Å². The van der Waals surface area contributed by atoms with Gasteiger partial charge in [0, 0.05) is 13.1 Å². The predicted octanol–water partition coefficient (Wildman–Crippen LogP) is -1.66. The Labute approximate surface area is 133 Å². The van der Waals surface area contributed by atoms with Gasteiger partial charge in [-0.2, -0.15) is 0 Å². The molecule has 0 bridgehead atoms. The van der Waals surface area contributed by atoms with Crippen LogP contribution in [0.15, 0.2) is 0 Å². The van der Waals surface area contributed by atoms with Crippen LogP contribution in [0.3, 0.4) is 0 Å². The van der Waals surface area contributed by atoms with Crippen molar-refractivity contribution >= 4 is 23.5 Å². The van der Waals surface area contributed by atoms with Gasteiger partial charge in [-0.05, 0) is 13.8 Å². The molecule has 0 radical (unpaired) electrons. The first-order chi connectivity index (χ1) is 10.7. The summed E-state index contributed by atoms with van der Waals surface area (Å²) in [6.07, 6.45) is -2.69. The number of carbonyl (C=O) groups is 4. The Kier molecular flexibility index (Phi) is 10.8. The fourth-order valence-corrected chi connectivity index (χ4v) is 1.42. The van der Waals surface area contributed by atoms with Gasteiger partial charge in [-0.15, -0.1) is 0 Å². The molecule has 0 rings (SSSR count). The quantitative estimate of drug-likeness (QED) is 0.283. The molecule has 2 unspecified atom stereocenters. The van der Waals surface area contributed by atoms with E-state index in [0.717, 1.165) is 0 Å². The Morgan fingerprint density at radius 3 is 1.48 bits per heavy atom. The van der Waals surface area contributed by atoms with Crippen LogP contribution in [0.25, 0.3) is 0 Å². The second-order valence-corrected chi connectivity index (χ2v) is 5.09. The molecule has 0 fully saturated rings. The molecule has 0 aliphatic heterocycles. The fraction of sp³-hybridized carbons (Fsp3) is 0.714. The summed E-state index contributed by atoms with van der Waals surface area (Å²) < 4.78 is 9.35. The maximum Gasteiger partial charge on any atom is 0.313 e. The lowest BCUT2D eigenvalue weighted by molar-refractivity contribution is -0.149. The number of rotatable bonds is 12. The fourth-order valence-electron chi connectivity index (χ4n) is 1.42. The van der Waals surface area contributed by atoms with E-state index in [1.165, 1.54) is 13.8 Å². The molecule has 2 atom stereocenters. The van der Waals surface area contributed by atoms with Gasteiger partial charge in [-0.3, -0.25) is 19.2 Å². The number of hydrogen-bond donors (Lipinski definition) is 3. The molecule has 0 aliphatic rings. The standard InChI is InChI=1S/C14H23NO8/c1-9(16)3-13(20)22-7-11(18)5-15-6-12(19)8-23-14(21)4-10(2)17/h11-12,15,18-19H,3-8H2,1-2H3. The summed E-state index contributed by atoms with van der Waals surface area (Å²) in [6, 6.07) is 0. The normalized spacial score (nSPS) is 13.0. The molecule has 9 heteroatoms. The van der Waals surface area contributed by atoms with Crippen LogP contribution >= 0.6 is 0 Å². The highest BCUT2D eigenvalue weighted by Crippen LogP contribution is 1.93. The van der Waals surface area contributed by atoms with E-state index < -0.39 is 24.1 Å². The van der Waals surface area contributed by atoms with Crippen molar-refractivity contribution in [2.45, 2.75) is 38.9 Å². The van der Waals surface area contributed by atoms with Crippen molar-refractivity contribution in [2.75, 3.05) is 26.3 Å². The summed E-state index contributed by atoms with van der Waals surface area (Å²) in [4.78, 5) is 43.5. The van der Waals surface area contributed by atoms with Gasteiger partial charge in [0.15, 0.2) is 0 Å². The minimum absolute atomic E-state index is 0.0335. The van der Waals surface area contributed by atoms with E-state index in [9.17, 15) is 29.4 Å². The second kappa shape index (κ2) is 11.7. The minimum atomic E-state index is -1.00. The van der Waals surface area contributed by atoms with E-state index in [2.05, 4.69) is 14.8 Å². The minimum Gasteiger partial charge on any atom is -0.463 e. The molecule has 9 nitrogen and oxygen atoms in total. The summed E-state index contributed by atoms with van der Waals surface area (Å²) in [5, 5.41) is 21.8.